The highest BCUT2D eigenvalue weighted by Crippen LogP contribution is 2.34. The zero-order valence-electron chi connectivity index (χ0n) is 19.2. The van der Waals surface area contributed by atoms with Gasteiger partial charge in [-0.2, -0.15) is 5.10 Å². The quantitative estimate of drug-likeness (QED) is 0.460. The van der Waals surface area contributed by atoms with Crippen molar-refractivity contribution in [2.45, 2.75) is 26.7 Å². The van der Waals surface area contributed by atoms with Gasteiger partial charge >= 0.3 is 6.09 Å². The Bertz CT molecular complexity index is 1560. The van der Waals surface area contributed by atoms with Crippen molar-refractivity contribution in [1.82, 2.24) is 20.5 Å². The molecule has 3 heterocycles. The number of halogens is 1. The van der Waals surface area contributed by atoms with Gasteiger partial charge in [-0.3, -0.25) is 15.1 Å². The summed E-state index contributed by atoms with van der Waals surface area (Å²) in [5.74, 6) is 0.0532. The second-order valence-corrected chi connectivity index (χ2v) is 8.20. The van der Waals surface area contributed by atoms with Crippen molar-refractivity contribution < 1.29 is 13.9 Å². The number of H-pyrrole nitrogens is 1. The largest absolute Gasteiger partial charge is 0.450 e. The Morgan fingerprint density at radius 3 is 2.74 bits per heavy atom. The number of alkyl carbamates (subject to hydrolysis) is 1. The first-order chi connectivity index (χ1) is 16.9. The predicted molar refractivity (Wildman–Crippen MR) is 130 cm³/mol. The zero-order valence-corrected chi connectivity index (χ0v) is 19.2. The van der Waals surface area contributed by atoms with Crippen molar-refractivity contribution in [3.63, 3.8) is 0 Å². The summed E-state index contributed by atoms with van der Waals surface area (Å²) in [6.45, 7) is 3.80. The summed E-state index contributed by atoms with van der Waals surface area (Å²) >= 11 is 0. The molecule has 0 unspecified atom stereocenters. The van der Waals surface area contributed by atoms with E-state index in [0.29, 0.717) is 58.0 Å². The second kappa shape index (κ2) is 9.09. The Hall–Kier alpha value is -4.40. The number of rotatable bonds is 4. The molecule has 9 heteroatoms. The second-order valence-electron chi connectivity index (χ2n) is 8.20. The number of nitrogens with zero attached hydrogens (tertiary/aromatic N) is 3. The van der Waals surface area contributed by atoms with Crippen LogP contribution in [0.15, 0.2) is 58.3 Å². The van der Waals surface area contributed by atoms with Crippen molar-refractivity contribution >= 4 is 28.4 Å². The number of hydrogen-bond donors (Lipinski definition) is 2. The van der Waals surface area contributed by atoms with E-state index in [1.54, 1.807) is 37.3 Å². The standard InChI is InChI=1S/C26H22FN5O3/c1-3-35-26(34)30-24-13-23-22(29-24)12-18(14(2)28-23)19-10-15(8-9-20(19)27)11-21-16-6-4-5-7-17(16)25(33)32-31-21/h4-10,12H,3,11,13H2,1-2H3,(H,32,33)(H,29,30,34). The summed E-state index contributed by atoms with van der Waals surface area (Å²) in [6, 6.07) is 13.9. The van der Waals surface area contributed by atoms with E-state index in [1.165, 1.54) is 6.07 Å². The maximum Gasteiger partial charge on any atom is 0.412 e. The van der Waals surface area contributed by atoms with E-state index in [-0.39, 0.29) is 18.0 Å². The topological polar surface area (TPSA) is 109 Å². The van der Waals surface area contributed by atoms with Crippen LogP contribution in [0.5, 0.6) is 0 Å². The molecule has 0 spiro atoms. The van der Waals surface area contributed by atoms with E-state index < -0.39 is 6.09 Å². The molecule has 176 valence electrons. The molecule has 2 aromatic carbocycles. The molecule has 0 radical (unpaired) electrons. The van der Waals surface area contributed by atoms with Crippen molar-refractivity contribution in [3.8, 4) is 11.1 Å². The maximum absolute atomic E-state index is 15.0. The average molecular weight is 471 g/mol. The Morgan fingerprint density at radius 2 is 1.94 bits per heavy atom. The molecule has 1 aliphatic rings. The zero-order chi connectivity index (χ0) is 24.5. The fourth-order valence-electron chi connectivity index (χ4n) is 4.23. The molecule has 1 aliphatic heterocycles. The lowest BCUT2D eigenvalue weighted by Crippen LogP contribution is -2.31. The number of aromatic amines is 1. The third-order valence-electron chi connectivity index (χ3n) is 5.85. The minimum Gasteiger partial charge on any atom is -0.450 e. The van der Waals surface area contributed by atoms with E-state index in [9.17, 15) is 14.0 Å². The molecular formula is C26H22FN5O3. The highest BCUT2D eigenvalue weighted by Gasteiger charge is 2.21. The van der Waals surface area contributed by atoms with Crippen LogP contribution in [0.25, 0.3) is 21.9 Å². The number of carbonyl (C=O) groups is 1. The number of carbonyl (C=O) groups excluding carboxylic acids is 1. The summed E-state index contributed by atoms with van der Waals surface area (Å²) in [4.78, 5) is 32.9. The lowest BCUT2D eigenvalue weighted by Gasteiger charge is -2.11. The fourth-order valence-corrected chi connectivity index (χ4v) is 4.23. The molecule has 35 heavy (non-hydrogen) atoms. The van der Waals surface area contributed by atoms with Crippen LogP contribution in [0.2, 0.25) is 0 Å². The van der Waals surface area contributed by atoms with Crippen LogP contribution in [0.1, 0.15) is 29.6 Å². The molecule has 0 bridgehead atoms. The molecular weight excluding hydrogens is 449 g/mol. The van der Waals surface area contributed by atoms with E-state index in [0.717, 1.165) is 10.9 Å². The van der Waals surface area contributed by atoms with Gasteiger partial charge in [0.2, 0.25) is 0 Å². The van der Waals surface area contributed by atoms with Gasteiger partial charge in [-0.15, -0.1) is 0 Å². The van der Waals surface area contributed by atoms with Gasteiger partial charge in [0.1, 0.15) is 11.7 Å². The third-order valence-corrected chi connectivity index (χ3v) is 5.85. The van der Waals surface area contributed by atoms with Gasteiger partial charge in [0.05, 0.1) is 35.5 Å². The van der Waals surface area contributed by atoms with Crippen LogP contribution in [0, 0.1) is 12.7 Å². The molecule has 0 saturated carbocycles. The third kappa shape index (κ3) is 4.40. The Morgan fingerprint density at radius 1 is 1.14 bits per heavy atom. The van der Waals surface area contributed by atoms with E-state index in [4.69, 9.17) is 4.74 Å². The van der Waals surface area contributed by atoms with Crippen LogP contribution in [0.3, 0.4) is 0 Å². The Labute approximate surface area is 199 Å². The van der Waals surface area contributed by atoms with Gasteiger partial charge in [0.25, 0.3) is 5.56 Å². The SMILES string of the molecule is CCOC(=O)NC1=Nc2cc(-c3cc(Cc4n[nH]c(=O)c5ccccc45)ccc3F)c(C)nc2C1. The van der Waals surface area contributed by atoms with E-state index in [1.807, 2.05) is 19.1 Å². The number of aryl methyl sites for hydroxylation is 1. The Balaban J connectivity index is 1.49. The molecule has 2 N–H and O–H groups in total. The molecule has 2 aromatic heterocycles. The summed E-state index contributed by atoms with van der Waals surface area (Å²) < 4.78 is 19.9. The first-order valence-electron chi connectivity index (χ1n) is 11.2. The number of amidine groups is 1. The molecule has 0 saturated heterocycles. The van der Waals surface area contributed by atoms with Crippen LogP contribution < -0.4 is 10.9 Å². The van der Waals surface area contributed by atoms with Crippen molar-refractivity contribution in [3.05, 3.63) is 87.3 Å². The molecule has 0 atom stereocenters. The summed E-state index contributed by atoms with van der Waals surface area (Å²) in [6.07, 6.45) is 0.203. The molecule has 8 nitrogen and oxygen atoms in total. The van der Waals surface area contributed by atoms with Crippen LogP contribution in [-0.2, 0) is 17.6 Å². The lowest BCUT2D eigenvalue weighted by atomic mass is 9.97. The number of fused-ring (bicyclic) bond motifs is 2. The first-order valence-corrected chi connectivity index (χ1v) is 11.2. The Kier molecular flexibility index (Phi) is 5.82. The van der Waals surface area contributed by atoms with Gasteiger partial charge in [-0.25, -0.2) is 19.3 Å². The van der Waals surface area contributed by atoms with Crippen molar-refractivity contribution in [1.29, 1.82) is 0 Å². The van der Waals surface area contributed by atoms with E-state index in [2.05, 4.69) is 25.5 Å². The molecule has 0 fully saturated rings. The number of pyridine rings is 1. The molecule has 1 amide bonds. The minimum atomic E-state index is -0.571. The number of amides is 1. The van der Waals surface area contributed by atoms with Crippen LogP contribution >= 0.6 is 0 Å². The predicted octanol–water partition coefficient (Wildman–Crippen LogP) is 4.36. The highest BCUT2D eigenvalue weighted by molar-refractivity contribution is 6.00. The lowest BCUT2D eigenvalue weighted by molar-refractivity contribution is 0.157. The van der Waals surface area contributed by atoms with Gasteiger partial charge in [-0.05, 0) is 43.7 Å². The van der Waals surface area contributed by atoms with Gasteiger partial charge in [0.15, 0.2) is 0 Å². The number of ether oxygens (including phenoxy) is 1. The first kappa shape index (κ1) is 22.4. The van der Waals surface area contributed by atoms with Gasteiger partial charge < -0.3 is 4.74 Å². The average Bonchev–Trinajstić information content (AvgIpc) is 3.22. The highest BCUT2D eigenvalue weighted by atomic mass is 19.1. The summed E-state index contributed by atoms with van der Waals surface area (Å²) in [7, 11) is 0. The number of nitrogens with one attached hydrogen (secondary N) is 2. The smallest absolute Gasteiger partial charge is 0.412 e. The van der Waals surface area contributed by atoms with E-state index >= 15 is 0 Å². The minimum absolute atomic E-state index is 0.249. The summed E-state index contributed by atoms with van der Waals surface area (Å²) in [5, 5.41) is 10.7. The van der Waals surface area contributed by atoms with Gasteiger partial charge in [0, 0.05) is 28.6 Å². The molecule has 5 rings (SSSR count). The number of aliphatic imine (C=N–C) groups is 1. The number of aromatic nitrogens is 3. The molecule has 4 aromatic rings. The van der Waals surface area contributed by atoms with Crippen LogP contribution in [-0.4, -0.2) is 33.7 Å². The normalized spacial score (nSPS) is 12.4. The van der Waals surface area contributed by atoms with Crippen molar-refractivity contribution in [2.24, 2.45) is 4.99 Å². The number of benzene rings is 2. The monoisotopic (exact) mass is 471 g/mol. The van der Waals surface area contributed by atoms with Crippen molar-refractivity contribution in [2.75, 3.05) is 6.61 Å². The fraction of sp³-hybridized carbons (Fsp3) is 0.192. The summed E-state index contributed by atoms with van der Waals surface area (Å²) in [5.41, 5.74) is 4.23. The number of hydrogen-bond acceptors (Lipinski definition) is 6. The van der Waals surface area contributed by atoms with Crippen LogP contribution in [0.4, 0.5) is 14.9 Å². The van der Waals surface area contributed by atoms with Gasteiger partial charge in [-0.1, -0.05) is 24.3 Å². The maximum atomic E-state index is 15.0. The molecule has 0 aliphatic carbocycles.